The highest BCUT2D eigenvalue weighted by Gasteiger charge is 1.99. The van der Waals surface area contributed by atoms with Gasteiger partial charge < -0.3 is 15.0 Å². The number of aldehydes is 1. The Bertz CT molecular complexity index is 66.3. The van der Waals surface area contributed by atoms with E-state index < -0.39 is 6.04 Å². The van der Waals surface area contributed by atoms with Gasteiger partial charge >= 0.3 is 0 Å². The lowest BCUT2D eigenvalue weighted by atomic mass is 10.4. The second kappa shape index (κ2) is 4.70. The van der Waals surface area contributed by atoms with Crippen molar-refractivity contribution in [3.05, 3.63) is 0 Å². The normalized spacial score (nSPS) is 13.2. The third kappa shape index (κ3) is 2.68. The topological polar surface area (TPSA) is 69.6 Å². The third-order valence-electron chi connectivity index (χ3n) is 0.714. The first-order valence-corrected chi connectivity index (χ1v) is 2.25. The van der Waals surface area contributed by atoms with E-state index in [2.05, 4.69) is 5.32 Å². The predicted octanol–water partition coefficient (Wildman–Crippen LogP) is -1.91. The molecule has 0 aromatic carbocycles. The van der Waals surface area contributed by atoms with Crippen LogP contribution >= 0.6 is 0 Å². The van der Waals surface area contributed by atoms with Gasteiger partial charge in [0.15, 0.2) is 0 Å². The molecule has 0 fully saturated rings. The maximum Gasteiger partial charge on any atom is 0.139 e. The minimum atomic E-state index is -0.625. The Morgan fingerprint density at radius 3 is 2.38 bits per heavy atom. The summed E-state index contributed by atoms with van der Waals surface area (Å²) < 4.78 is 0. The number of carbonyl (C=O) groups is 1. The fraction of sp³-hybridized carbons (Fsp3) is 0.750. The van der Waals surface area contributed by atoms with E-state index in [9.17, 15) is 4.79 Å². The van der Waals surface area contributed by atoms with Gasteiger partial charge in [-0.2, -0.15) is 0 Å². The molecule has 0 heterocycles. The average Bonchev–Trinajstić information content (AvgIpc) is 1.83. The van der Waals surface area contributed by atoms with Gasteiger partial charge in [0.25, 0.3) is 0 Å². The summed E-state index contributed by atoms with van der Waals surface area (Å²) in [6.45, 7) is -0.561. The molecule has 0 amide bonds. The van der Waals surface area contributed by atoms with E-state index in [4.69, 9.17) is 10.2 Å². The fourth-order valence-corrected chi connectivity index (χ4v) is 0.273. The first kappa shape index (κ1) is 7.55. The highest BCUT2D eigenvalue weighted by molar-refractivity contribution is 5.57. The molecule has 0 aromatic rings. The van der Waals surface area contributed by atoms with Crippen LogP contribution in [0.2, 0.25) is 0 Å². The molecule has 0 bridgehead atoms. The van der Waals surface area contributed by atoms with Gasteiger partial charge in [0.2, 0.25) is 0 Å². The molecule has 8 heavy (non-hydrogen) atoms. The van der Waals surface area contributed by atoms with Gasteiger partial charge in [0.05, 0.1) is 19.4 Å². The first-order chi connectivity index (χ1) is 3.85. The van der Waals surface area contributed by atoms with Gasteiger partial charge in [-0.1, -0.05) is 0 Å². The molecule has 0 aliphatic rings. The summed E-state index contributed by atoms with van der Waals surface area (Å²) in [7, 11) is 0. The zero-order valence-electron chi connectivity index (χ0n) is 4.37. The quantitative estimate of drug-likeness (QED) is 0.298. The van der Waals surface area contributed by atoms with E-state index in [1.807, 2.05) is 0 Å². The van der Waals surface area contributed by atoms with Crippen molar-refractivity contribution in [2.45, 2.75) is 6.04 Å². The zero-order chi connectivity index (χ0) is 6.41. The Morgan fingerprint density at radius 1 is 1.62 bits per heavy atom. The van der Waals surface area contributed by atoms with Crippen LogP contribution in [0.25, 0.3) is 0 Å². The van der Waals surface area contributed by atoms with E-state index in [1.165, 1.54) is 0 Å². The molecular weight excluding hydrogens is 110 g/mol. The molecule has 48 valence electrons. The molecule has 0 rings (SSSR count). The predicted molar refractivity (Wildman–Crippen MR) is 27.2 cm³/mol. The lowest BCUT2D eigenvalue weighted by Gasteiger charge is -2.03. The molecular formula is C4H9NO3. The van der Waals surface area contributed by atoms with Crippen LogP contribution in [0.15, 0.2) is 0 Å². The van der Waals surface area contributed by atoms with Crippen molar-refractivity contribution in [3.8, 4) is 0 Å². The molecule has 0 aromatic heterocycles. The van der Waals surface area contributed by atoms with E-state index in [1.54, 1.807) is 0 Å². The number of nitrogens with one attached hydrogen (secondary N) is 1. The number of aliphatic hydroxyl groups is 2. The van der Waals surface area contributed by atoms with Crippen molar-refractivity contribution in [1.82, 2.24) is 5.32 Å². The van der Waals surface area contributed by atoms with E-state index in [-0.39, 0.29) is 13.3 Å². The van der Waals surface area contributed by atoms with Crippen LogP contribution < -0.4 is 5.32 Å². The summed E-state index contributed by atoms with van der Waals surface area (Å²) in [5, 5.41) is 18.7. The second-order valence-electron chi connectivity index (χ2n) is 1.29. The van der Waals surface area contributed by atoms with Crippen molar-refractivity contribution in [1.29, 1.82) is 0 Å². The first-order valence-electron chi connectivity index (χ1n) is 2.25. The summed E-state index contributed by atoms with van der Waals surface area (Å²) in [5.74, 6) is 0. The Morgan fingerprint density at radius 2 is 2.25 bits per heavy atom. The monoisotopic (exact) mass is 119 g/mol. The van der Waals surface area contributed by atoms with E-state index >= 15 is 0 Å². The van der Waals surface area contributed by atoms with Gasteiger partial charge in [0, 0.05) is 0 Å². The lowest BCUT2D eigenvalue weighted by molar-refractivity contribution is -0.110. The Balaban J connectivity index is 3.21. The second-order valence-corrected chi connectivity index (χ2v) is 1.29. The summed E-state index contributed by atoms with van der Waals surface area (Å²) in [5.41, 5.74) is 0. The van der Waals surface area contributed by atoms with Gasteiger partial charge in [0.1, 0.15) is 6.29 Å². The summed E-state index contributed by atoms with van der Waals surface area (Å²) in [4.78, 5) is 9.79. The maximum atomic E-state index is 9.79. The summed E-state index contributed by atoms with van der Waals surface area (Å²) >= 11 is 0. The molecule has 0 saturated carbocycles. The molecule has 3 N–H and O–H groups in total. The summed E-state index contributed by atoms with van der Waals surface area (Å²) in [6.07, 6.45) is 0.538. The number of carbonyl (C=O) groups excluding carboxylic acids is 1. The molecule has 0 aliphatic carbocycles. The maximum absolute atomic E-state index is 9.79. The minimum Gasteiger partial charge on any atom is -0.394 e. The van der Waals surface area contributed by atoms with Crippen LogP contribution in [0, 0.1) is 0 Å². The van der Waals surface area contributed by atoms with Crippen LogP contribution in [0.1, 0.15) is 0 Å². The smallest absolute Gasteiger partial charge is 0.139 e. The van der Waals surface area contributed by atoms with Gasteiger partial charge in [-0.25, -0.2) is 0 Å². The SMILES string of the molecule is O=C[C@H](CO)NCO. The van der Waals surface area contributed by atoms with Crippen molar-refractivity contribution in [2.24, 2.45) is 0 Å². The van der Waals surface area contributed by atoms with Crippen LogP contribution in [0.4, 0.5) is 0 Å². The molecule has 1 atom stereocenters. The number of hydrogen-bond acceptors (Lipinski definition) is 4. The number of rotatable bonds is 4. The average molecular weight is 119 g/mol. The van der Waals surface area contributed by atoms with Crippen molar-refractivity contribution >= 4 is 6.29 Å². The largest absolute Gasteiger partial charge is 0.394 e. The fourth-order valence-electron chi connectivity index (χ4n) is 0.273. The minimum absolute atomic E-state index is 0.274. The highest BCUT2D eigenvalue weighted by Crippen LogP contribution is 1.70. The number of hydrogen-bond donors (Lipinski definition) is 3. The van der Waals surface area contributed by atoms with Gasteiger partial charge in [-0.05, 0) is 0 Å². The molecule has 0 saturated heterocycles. The third-order valence-corrected chi connectivity index (χ3v) is 0.714. The van der Waals surface area contributed by atoms with Crippen molar-refractivity contribution < 1.29 is 15.0 Å². The van der Waals surface area contributed by atoms with Crippen LogP contribution in [0.3, 0.4) is 0 Å². The molecule has 0 radical (unpaired) electrons. The van der Waals surface area contributed by atoms with Crippen LogP contribution in [-0.4, -0.2) is 35.9 Å². The molecule has 0 aliphatic heterocycles. The zero-order valence-corrected chi connectivity index (χ0v) is 4.37. The summed E-state index contributed by atoms with van der Waals surface area (Å²) in [6, 6.07) is -0.625. The van der Waals surface area contributed by atoms with Crippen molar-refractivity contribution in [3.63, 3.8) is 0 Å². The van der Waals surface area contributed by atoms with Crippen LogP contribution in [0.5, 0.6) is 0 Å². The van der Waals surface area contributed by atoms with Gasteiger partial charge in [-0.3, -0.25) is 5.32 Å². The van der Waals surface area contributed by atoms with E-state index in [0.29, 0.717) is 6.29 Å². The standard InChI is InChI=1S/C4H9NO3/c6-1-4(2-7)5-3-8/h1,4-5,7-8H,2-3H2/t4-/m1/s1. The molecule has 0 spiro atoms. The molecule has 0 unspecified atom stereocenters. The highest BCUT2D eigenvalue weighted by atomic mass is 16.3. The van der Waals surface area contributed by atoms with Crippen molar-refractivity contribution in [2.75, 3.05) is 13.3 Å². The van der Waals surface area contributed by atoms with Gasteiger partial charge in [-0.15, -0.1) is 0 Å². The number of aliphatic hydroxyl groups excluding tert-OH is 2. The molecule has 4 nitrogen and oxygen atoms in total. The Kier molecular flexibility index (Phi) is 4.44. The Hall–Kier alpha value is -0.450. The van der Waals surface area contributed by atoms with Crippen LogP contribution in [-0.2, 0) is 4.79 Å². The lowest BCUT2D eigenvalue weighted by Crippen LogP contribution is -2.34. The molecule has 4 heteroatoms. The Labute approximate surface area is 47.1 Å². The van der Waals surface area contributed by atoms with E-state index in [0.717, 1.165) is 0 Å².